The van der Waals surface area contributed by atoms with E-state index in [1.54, 1.807) is 6.07 Å². The molecule has 0 unspecified atom stereocenters. The fourth-order valence-electron chi connectivity index (χ4n) is 4.82. The van der Waals surface area contributed by atoms with E-state index in [-0.39, 0.29) is 24.0 Å². The molecular weight excluding hydrogens is 563 g/mol. The lowest BCUT2D eigenvalue weighted by molar-refractivity contribution is 0.0644. The molecule has 0 aliphatic carbocycles. The highest BCUT2D eigenvalue weighted by atomic mass is 127. The number of hydrogen-bond donors (Lipinski definition) is 1. The molecule has 4 aromatic carbocycles. The zero-order valence-electron chi connectivity index (χ0n) is 21.2. The van der Waals surface area contributed by atoms with Crippen molar-refractivity contribution in [3.8, 4) is 5.75 Å². The van der Waals surface area contributed by atoms with Gasteiger partial charge in [-0.2, -0.15) is 0 Å². The molecule has 0 aliphatic rings. The van der Waals surface area contributed by atoms with Crippen molar-refractivity contribution >= 4 is 56.1 Å². The lowest BCUT2D eigenvalue weighted by atomic mass is 10.00. The van der Waals surface area contributed by atoms with Crippen LogP contribution in [0.5, 0.6) is 5.75 Å². The standard InChI is InChI=1S/C30H31IN2O3/c1-18(2)33(19(3)4)29(34)28-25(31)17-16-22-12-9-15-26(27(22)28)36-30(35)32-20(5)23-14-8-11-21-10-6-7-13-24(21)23/h6-20H,1-5H3,(H,32,35)/t20-/m0/s1. The molecule has 0 heterocycles. The van der Waals surface area contributed by atoms with Gasteiger partial charge in [0.2, 0.25) is 0 Å². The van der Waals surface area contributed by atoms with Gasteiger partial charge < -0.3 is 15.0 Å². The van der Waals surface area contributed by atoms with Crippen LogP contribution in [-0.2, 0) is 0 Å². The average molecular weight is 594 g/mol. The third-order valence-electron chi connectivity index (χ3n) is 6.34. The number of fused-ring (bicyclic) bond motifs is 2. The Morgan fingerprint density at radius 1 is 0.806 bits per heavy atom. The molecule has 6 heteroatoms. The highest BCUT2D eigenvalue weighted by Gasteiger charge is 2.27. The Hall–Kier alpha value is -3.13. The molecule has 1 N–H and O–H groups in total. The van der Waals surface area contributed by atoms with Crippen LogP contribution in [0.3, 0.4) is 0 Å². The molecule has 186 valence electrons. The van der Waals surface area contributed by atoms with Gasteiger partial charge in [-0.05, 0) is 91.1 Å². The van der Waals surface area contributed by atoms with Gasteiger partial charge in [-0.3, -0.25) is 4.79 Å². The van der Waals surface area contributed by atoms with Crippen LogP contribution in [0.1, 0.15) is 56.6 Å². The van der Waals surface area contributed by atoms with Gasteiger partial charge in [0.25, 0.3) is 5.91 Å². The number of carbonyl (C=O) groups excluding carboxylic acids is 2. The second kappa shape index (κ2) is 10.9. The van der Waals surface area contributed by atoms with Gasteiger partial charge in [-0.15, -0.1) is 0 Å². The highest BCUT2D eigenvalue weighted by Crippen LogP contribution is 2.34. The van der Waals surface area contributed by atoms with Gasteiger partial charge in [0.1, 0.15) is 5.75 Å². The van der Waals surface area contributed by atoms with Crippen molar-refractivity contribution in [2.45, 2.75) is 52.7 Å². The van der Waals surface area contributed by atoms with Gasteiger partial charge >= 0.3 is 6.09 Å². The molecule has 0 bridgehead atoms. The summed E-state index contributed by atoms with van der Waals surface area (Å²) in [6.45, 7) is 9.98. The second-order valence-corrected chi connectivity index (χ2v) is 10.7. The molecule has 1 atom stereocenters. The number of hydrogen-bond acceptors (Lipinski definition) is 3. The first-order chi connectivity index (χ1) is 17.2. The molecule has 4 rings (SSSR count). The number of carbonyl (C=O) groups is 2. The van der Waals surface area contributed by atoms with Crippen LogP contribution in [0.4, 0.5) is 4.79 Å². The van der Waals surface area contributed by atoms with Crippen molar-refractivity contribution in [1.29, 1.82) is 0 Å². The minimum Gasteiger partial charge on any atom is -0.410 e. The first kappa shape index (κ1) is 25.9. The maximum Gasteiger partial charge on any atom is 0.413 e. The van der Waals surface area contributed by atoms with E-state index in [1.165, 1.54) is 0 Å². The minimum atomic E-state index is -0.565. The van der Waals surface area contributed by atoms with E-state index in [9.17, 15) is 9.59 Å². The van der Waals surface area contributed by atoms with Crippen molar-refractivity contribution in [2.24, 2.45) is 0 Å². The number of nitrogens with one attached hydrogen (secondary N) is 1. The van der Waals surface area contributed by atoms with Crippen LogP contribution in [0.2, 0.25) is 0 Å². The van der Waals surface area contributed by atoms with E-state index < -0.39 is 6.09 Å². The SMILES string of the molecule is CC(C)N(C(=O)c1c(I)ccc2cccc(OC(=O)N[C@@H](C)c3cccc4ccccc34)c12)C(C)C. The lowest BCUT2D eigenvalue weighted by Crippen LogP contribution is -2.42. The summed E-state index contributed by atoms with van der Waals surface area (Å²) in [6.07, 6.45) is -0.565. The van der Waals surface area contributed by atoms with E-state index in [1.807, 2.05) is 94.1 Å². The van der Waals surface area contributed by atoms with Crippen molar-refractivity contribution in [1.82, 2.24) is 10.2 Å². The van der Waals surface area contributed by atoms with Crippen LogP contribution in [0, 0.1) is 3.57 Å². The smallest absolute Gasteiger partial charge is 0.410 e. The number of nitrogens with zero attached hydrogens (tertiary/aromatic N) is 1. The van der Waals surface area contributed by atoms with E-state index in [4.69, 9.17) is 4.74 Å². The number of halogens is 1. The Labute approximate surface area is 226 Å². The van der Waals surface area contributed by atoms with E-state index in [0.717, 1.165) is 25.3 Å². The lowest BCUT2D eigenvalue weighted by Gasteiger charge is -2.31. The summed E-state index contributed by atoms with van der Waals surface area (Å²) in [5, 5.41) is 6.66. The first-order valence-electron chi connectivity index (χ1n) is 12.2. The molecule has 0 spiro atoms. The zero-order chi connectivity index (χ0) is 26.0. The Morgan fingerprint density at radius 3 is 2.17 bits per heavy atom. The van der Waals surface area contributed by atoms with Crippen LogP contribution < -0.4 is 10.1 Å². The maximum atomic E-state index is 13.8. The molecule has 0 aromatic heterocycles. The molecule has 0 saturated heterocycles. The largest absolute Gasteiger partial charge is 0.413 e. The fourth-order valence-corrected chi connectivity index (χ4v) is 5.50. The number of amides is 2. The van der Waals surface area contributed by atoms with Crippen LogP contribution in [-0.4, -0.2) is 29.0 Å². The van der Waals surface area contributed by atoms with Gasteiger partial charge in [-0.1, -0.05) is 60.7 Å². The quantitative estimate of drug-likeness (QED) is 0.233. The van der Waals surface area contributed by atoms with E-state index in [2.05, 4.69) is 40.0 Å². The van der Waals surface area contributed by atoms with Crippen molar-refractivity contribution < 1.29 is 14.3 Å². The predicted octanol–water partition coefficient (Wildman–Crippen LogP) is 7.71. The Morgan fingerprint density at radius 2 is 1.44 bits per heavy atom. The number of benzene rings is 4. The van der Waals surface area contributed by atoms with E-state index >= 15 is 0 Å². The van der Waals surface area contributed by atoms with Gasteiger partial charge in [0, 0.05) is 21.0 Å². The third-order valence-corrected chi connectivity index (χ3v) is 7.24. The summed E-state index contributed by atoms with van der Waals surface area (Å²) in [5.41, 5.74) is 1.57. The monoisotopic (exact) mass is 594 g/mol. The minimum absolute atomic E-state index is 0.0291. The molecule has 0 saturated carbocycles. The van der Waals surface area contributed by atoms with Gasteiger partial charge in [0.15, 0.2) is 0 Å². The number of ether oxygens (including phenoxy) is 1. The maximum absolute atomic E-state index is 13.8. The molecule has 2 amide bonds. The molecule has 36 heavy (non-hydrogen) atoms. The first-order valence-corrected chi connectivity index (χ1v) is 13.3. The second-order valence-electron chi connectivity index (χ2n) is 9.50. The predicted molar refractivity (Wildman–Crippen MR) is 155 cm³/mol. The number of rotatable bonds is 6. The van der Waals surface area contributed by atoms with Crippen LogP contribution >= 0.6 is 22.6 Å². The summed E-state index contributed by atoms with van der Waals surface area (Å²) < 4.78 is 6.67. The summed E-state index contributed by atoms with van der Waals surface area (Å²) in [4.78, 5) is 28.7. The average Bonchev–Trinajstić information content (AvgIpc) is 2.83. The molecule has 0 fully saturated rings. The van der Waals surface area contributed by atoms with Crippen LogP contribution in [0.15, 0.2) is 72.8 Å². The summed E-state index contributed by atoms with van der Waals surface area (Å²) in [5.74, 6) is 0.292. The molecule has 0 aliphatic heterocycles. The Kier molecular flexibility index (Phi) is 7.83. The van der Waals surface area contributed by atoms with Crippen molar-refractivity contribution in [2.75, 3.05) is 0 Å². The normalized spacial score (nSPS) is 12.2. The Balaban J connectivity index is 1.68. The van der Waals surface area contributed by atoms with Gasteiger partial charge in [-0.25, -0.2) is 4.79 Å². The van der Waals surface area contributed by atoms with Gasteiger partial charge in [0.05, 0.1) is 11.6 Å². The fraction of sp³-hybridized carbons (Fsp3) is 0.267. The topological polar surface area (TPSA) is 58.6 Å². The Bertz CT molecular complexity index is 1420. The van der Waals surface area contributed by atoms with Crippen molar-refractivity contribution in [3.63, 3.8) is 0 Å². The third kappa shape index (κ3) is 5.19. The van der Waals surface area contributed by atoms with E-state index in [0.29, 0.717) is 16.7 Å². The molecule has 5 nitrogen and oxygen atoms in total. The summed E-state index contributed by atoms with van der Waals surface area (Å²) >= 11 is 2.19. The highest BCUT2D eigenvalue weighted by molar-refractivity contribution is 14.1. The molecule has 4 aromatic rings. The zero-order valence-corrected chi connectivity index (χ0v) is 23.4. The summed E-state index contributed by atoms with van der Waals surface area (Å²) in [7, 11) is 0. The van der Waals surface area contributed by atoms with Crippen LogP contribution in [0.25, 0.3) is 21.5 Å². The summed E-state index contributed by atoms with van der Waals surface area (Å²) in [6, 6.07) is 23.3. The van der Waals surface area contributed by atoms with Crippen molar-refractivity contribution in [3.05, 3.63) is 87.5 Å². The molecular formula is C30H31IN2O3. The molecule has 0 radical (unpaired) electrons.